The second-order valence-corrected chi connectivity index (χ2v) is 8.61. The Bertz CT molecular complexity index is 847. The molecule has 1 aliphatic rings. The first-order chi connectivity index (χ1) is 13.6. The number of carboxylic acid groups (broad SMARTS) is 1. The molecule has 2 aromatic rings. The molecular formula is C21H26F2N2O4. The fraction of sp³-hybridized carbons (Fsp3) is 0.524. The Morgan fingerprint density at radius 2 is 2.10 bits per heavy atom. The minimum atomic E-state index is -2.89. The number of ether oxygens (including phenoxy) is 1. The molecule has 2 unspecified atom stereocenters. The van der Waals surface area contributed by atoms with Crippen LogP contribution in [0.3, 0.4) is 0 Å². The molecule has 1 aliphatic heterocycles. The van der Waals surface area contributed by atoms with Crippen LogP contribution in [0.5, 0.6) is 5.75 Å². The zero-order chi connectivity index (χ0) is 21.2. The van der Waals surface area contributed by atoms with E-state index in [1.54, 1.807) is 18.2 Å². The third-order valence-corrected chi connectivity index (χ3v) is 5.39. The van der Waals surface area contributed by atoms with Crippen molar-refractivity contribution in [2.24, 2.45) is 17.3 Å². The lowest BCUT2D eigenvalue weighted by Crippen LogP contribution is -2.46. The number of hydrogen-bond donors (Lipinski definition) is 1. The summed E-state index contributed by atoms with van der Waals surface area (Å²) in [6, 6.07) is 8.01. The van der Waals surface area contributed by atoms with Crippen molar-refractivity contribution in [1.82, 2.24) is 10.1 Å². The van der Waals surface area contributed by atoms with Crippen LogP contribution < -0.4 is 4.74 Å². The summed E-state index contributed by atoms with van der Waals surface area (Å²) in [5, 5.41) is 13.6. The summed E-state index contributed by atoms with van der Waals surface area (Å²) in [4.78, 5) is 13.7. The Morgan fingerprint density at radius 3 is 2.76 bits per heavy atom. The number of rotatable bonds is 6. The van der Waals surface area contributed by atoms with Gasteiger partial charge in [-0.25, -0.2) is 0 Å². The standard InChI is InChI=1S/C21H26F2N2O4/c1-21(2,3)15-7-14(19(26)27)10-25(11-15)12-17-9-18(24-29-17)13-5-4-6-16(8-13)28-20(22)23/h4-6,8-9,14-15,20H,7,10-12H2,1-3H3,(H,26,27). The van der Waals surface area contributed by atoms with Crippen molar-refractivity contribution < 1.29 is 27.9 Å². The Kier molecular flexibility index (Phi) is 6.21. The van der Waals surface area contributed by atoms with Crippen LogP contribution in [0.25, 0.3) is 11.3 Å². The van der Waals surface area contributed by atoms with E-state index in [1.165, 1.54) is 12.1 Å². The summed E-state index contributed by atoms with van der Waals surface area (Å²) in [5.74, 6) is -0.297. The molecule has 1 saturated heterocycles. The van der Waals surface area contributed by atoms with Crippen LogP contribution in [0.2, 0.25) is 0 Å². The maximum atomic E-state index is 12.4. The number of carbonyl (C=O) groups is 1. The summed E-state index contributed by atoms with van der Waals surface area (Å²) in [7, 11) is 0. The van der Waals surface area contributed by atoms with E-state index in [0.29, 0.717) is 36.5 Å². The lowest BCUT2D eigenvalue weighted by atomic mass is 9.73. The van der Waals surface area contributed by atoms with Crippen LogP contribution in [0.4, 0.5) is 8.78 Å². The first-order valence-corrected chi connectivity index (χ1v) is 9.58. The molecule has 0 amide bonds. The molecule has 2 atom stereocenters. The largest absolute Gasteiger partial charge is 0.481 e. The third-order valence-electron chi connectivity index (χ3n) is 5.39. The number of halogens is 2. The molecule has 1 N–H and O–H groups in total. The minimum Gasteiger partial charge on any atom is -0.481 e. The van der Waals surface area contributed by atoms with Crippen molar-refractivity contribution in [3.05, 3.63) is 36.1 Å². The number of carboxylic acids is 1. The van der Waals surface area contributed by atoms with Crippen molar-refractivity contribution in [2.45, 2.75) is 40.3 Å². The van der Waals surface area contributed by atoms with E-state index < -0.39 is 18.5 Å². The molecule has 0 spiro atoms. The first-order valence-electron chi connectivity index (χ1n) is 9.58. The third kappa shape index (κ3) is 5.53. The molecule has 2 heterocycles. The average molecular weight is 408 g/mol. The van der Waals surface area contributed by atoms with E-state index in [2.05, 4.69) is 35.6 Å². The van der Waals surface area contributed by atoms with E-state index in [-0.39, 0.29) is 17.1 Å². The van der Waals surface area contributed by atoms with Crippen molar-refractivity contribution in [3.8, 4) is 17.0 Å². The lowest BCUT2D eigenvalue weighted by Gasteiger charge is -2.41. The highest BCUT2D eigenvalue weighted by Gasteiger charge is 2.37. The highest BCUT2D eigenvalue weighted by atomic mass is 19.3. The van der Waals surface area contributed by atoms with Gasteiger partial charge in [0.05, 0.1) is 12.5 Å². The molecule has 1 aromatic carbocycles. The summed E-state index contributed by atoms with van der Waals surface area (Å²) >= 11 is 0. The molecule has 0 saturated carbocycles. The number of piperidine rings is 1. The number of aromatic nitrogens is 1. The molecule has 3 rings (SSSR count). The van der Waals surface area contributed by atoms with Crippen molar-refractivity contribution >= 4 is 5.97 Å². The molecule has 29 heavy (non-hydrogen) atoms. The number of hydrogen-bond acceptors (Lipinski definition) is 5. The van der Waals surface area contributed by atoms with E-state index >= 15 is 0 Å². The second kappa shape index (κ2) is 8.49. The predicted molar refractivity (Wildman–Crippen MR) is 103 cm³/mol. The summed E-state index contributed by atoms with van der Waals surface area (Å²) < 4.78 is 34.7. The van der Waals surface area contributed by atoms with Crippen LogP contribution in [0.15, 0.2) is 34.9 Å². The SMILES string of the molecule is CC(C)(C)C1CC(C(=O)O)CN(Cc2cc(-c3cccc(OC(F)F)c3)no2)C1. The number of nitrogens with zero attached hydrogens (tertiary/aromatic N) is 2. The Hall–Kier alpha value is -2.48. The van der Waals surface area contributed by atoms with Gasteiger partial charge in [-0.3, -0.25) is 9.69 Å². The molecule has 6 nitrogen and oxygen atoms in total. The zero-order valence-corrected chi connectivity index (χ0v) is 16.8. The van der Waals surface area contributed by atoms with E-state index in [9.17, 15) is 18.7 Å². The average Bonchev–Trinajstić information content (AvgIpc) is 3.09. The van der Waals surface area contributed by atoms with Crippen LogP contribution in [-0.4, -0.2) is 40.8 Å². The summed E-state index contributed by atoms with van der Waals surface area (Å²) in [6.45, 7) is 5.16. The maximum Gasteiger partial charge on any atom is 0.387 e. The van der Waals surface area contributed by atoms with Gasteiger partial charge in [0.1, 0.15) is 11.4 Å². The van der Waals surface area contributed by atoms with E-state index in [1.807, 2.05) is 0 Å². The monoisotopic (exact) mass is 408 g/mol. The van der Waals surface area contributed by atoms with Gasteiger partial charge in [-0.2, -0.15) is 8.78 Å². The van der Waals surface area contributed by atoms with Gasteiger partial charge in [0, 0.05) is 24.7 Å². The molecule has 8 heteroatoms. The Labute approximate surface area is 168 Å². The second-order valence-electron chi connectivity index (χ2n) is 8.61. The van der Waals surface area contributed by atoms with Gasteiger partial charge in [-0.1, -0.05) is 38.1 Å². The Balaban J connectivity index is 1.73. The molecule has 1 aromatic heterocycles. The van der Waals surface area contributed by atoms with Crippen molar-refractivity contribution in [1.29, 1.82) is 0 Å². The van der Waals surface area contributed by atoms with Crippen molar-refractivity contribution in [3.63, 3.8) is 0 Å². The summed E-state index contributed by atoms with van der Waals surface area (Å²) in [5.41, 5.74) is 1.12. The number of alkyl halides is 2. The number of aliphatic carboxylic acids is 1. The molecule has 0 radical (unpaired) electrons. The van der Waals surface area contributed by atoms with Gasteiger partial charge in [0.15, 0.2) is 5.76 Å². The van der Waals surface area contributed by atoms with Gasteiger partial charge in [-0.15, -0.1) is 0 Å². The smallest absolute Gasteiger partial charge is 0.387 e. The maximum absolute atomic E-state index is 12.4. The van der Waals surface area contributed by atoms with Crippen molar-refractivity contribution in [2.75, 3.05) is 13.1 Å². The van der Waals surface area contributed by atoms with Gasteiger partial charge < -0.3 is 14.4 Å². The quantitative estimate of drug-likeness (QED) is 0.758. The van der Waals surface area contributed by atoms with Crippen LogP contribution in [-0.2, 0) is 11.3 Å². The predicted octanol–water partition coefficient (Wildman–Crippen LogP) is 4.51. The highest BCUT2D eigenvalue weighted by Crippen LogP contribution is 2.36. The molecule has 0 aliphatic carbocycles. The van der Waals surface area contributed by atoms with Gasteiger partial charge in [-0.05, 0) is 29.9 Å². The minimum absolute atomic E-state index is 0.00405. The van der Waals surface area contributed by atoms with E-state index in [4.69, 9.17) is 4.52 Å². The van der Waals surface area contributed by atoms with Crippen LogP contribution in [0.1, 0.15) is 33.0 Å². The van der Waals surface area contributed by atoms with Gasteiger partial charge >= 0.3 is 12.6 Å². The topological polar surface area (TPSA) is 75.8 Å². The van der Waals surface area contributed by atoms with Crippen LogP contribution in [0, 0.1) is 17.3 Å². The molecule has 0 bridgehead atoms. The number of benzene rings is 1. The summed E-state index contributed by atoms with van der Waals surface area (Å²) in [6.07, 6.45) is 0.661. The lowest BCUT2D eigenvalue weighted by molar-refractivity contribution is -0.145. The van der Waals surface area contributed by atoms with Crippen LogP contribution >= 0.6 is 0 Å². The molecular weight excluding hydrogens is 382 g/mol. The van der Waals surface area contributed by atoms with Gasteiger partial charge in [0.2, 0.25) is 0 Å². The van der Waals surface area contributed by atoms with E-state index in [0.717, 1.165) is 6.54 Å². The zero-order valence-electron chi connectivity index (χ0n) is 16.8. The number of likely N-dealkylation sites (tertiary alicyclic amines) is 1. The molecule has 1 fully saturated rings. The molecule has 158 valence electrons. The fourth-order valence-electron chi connectivity index (χ4n) is 3.70. The normalized spacial score (nSPS) is 20.8. The first kappa shape index (κ1) is 21.2. The Morgan fingerprint density at radius 1 is 1.34 bits per heavy atom. The van der Waals surface area contributed by atoms with Gasteiger partial charge in [0.25, 0.3) is 0 Å². The highest BCUT2D eigenvalue weighted by molar-refractivity contribution is 5.70. The fourth-order valence-corrected chi connectivity index (χ4v) is 3.70.